The van der Waals surface area contributed by atoms with Crippen LogP contribution < -0.4 is 5.43 Å². The van der Waals surface area contributed by atoms with Gasteiger partial charge in [0.2, 0.25) is 0 Å². The number of thioether (sulfide) groups is 1. The molecule has 0 aliphatic heterocycles. The molecule has 0 aliphatic rings. The molecule has 6 nitrogen and oxygen atoms in total. The van der Waals surface area contributed by atoms with E-state index in [9.17, 15) is 4.79 Å². The summed E-state index contributed by atoms with van der Waals surface area (Å²) in [5.41, 5.74) is 5.72. The van der Waals surface area contributed by atoms with E-state index in [2.05, 4.69) is 62.6 Å². The van der Waals surface area contributed by atoms with Crippen LogP contribution in [-0.4, -0.2) is 32.6 Å². The van der Waals surface area contributed by atoms with Crippen LogP contribution in [0.4, 0.5) is 0 Å². The van der Waals surface area contributed by atoms with Gasteiger partial charge in [0.15, 0.2) is 11.0 Å². The van der Waals surface area contributed by atoms with E-state index in [-0.39, 0.29) is 11.7 Å². The van der Waals surface area contributed by atoms with Crippen molar-refractivity contribution >= 4 is 39.8 Å². The third-order valence-corrected chi connectivity index (χ3v) is 5.77. The predicted octanol–water partition coefficient (Wildman–Crippen LogP) is 4.61. The highest BCUT2D eigenvalue weighted by Crippen LogP contribution is 2.24. The lowest BCUT2D eigenvalue weighted by molar-refractivity contribution is -0.118. The van der Waals surface area contributed by atoms with Gasteiger partial charge in [0.25, 0.3) is 5.91 Å². The van der Waals surface area contributed by atoms with Gasteiger partial charge in [-0.05, 0) is 29.2 Å². The lowest BCUT2D eigenvalue weighted by Gasteiger charge is -2.05. The highest BCUT2D eigenvalue weighted by molar-refractivity contribution is 9.10. The lowest BCUT2D eigenvalue weighted by atomic mass is 10.0. The topological polar surface area (TPSA) is 72.2 Å². The summed E-state index contributed by atoms with van der Waals surface area (Å²) in [6.07, 6.45) is 1.64. The summed E-state index contributed by atoms with van der Waals surface area (Å²) < 4.78 is 2.85. The third-order valence-electron chi connectivity index (χ3n) is 4.26. The Labute approximate surface area is 182 Å². The van der Waals surface area contributed by atoms with E-state index in [0.29, 0.717) is 11.1 Å². The number of hydrogen-bond acceptors (Lipinski definition) is 5. The first-order valence-corrected chi connectivity index (χ1v) is 10.9. The van der Waals surface area contributed by atoms with Crippen LogP contribution in [0, 0.1) is 0 Å². The van der Waals surface area contributed by atoms with E-state index < -0.39 is 0 Å². The number of hydrogen-bond donors (Lipinski definition) is 1. The number of carbonyl (C=O) groups excluding carboxylic acids is 1. The van der Waals surface area contributed by atoms with Crippen molar-refractivity contribution in [3.8, 4) is 11.4 Å². The van der Waals surface area contributed by atoms with Gasteiger partial charge in [-0.3, -0.25) is 4.79 Å². The van der Waals surface area contributed by atoms with Gasteiger partial charge in [-0.25, -0.2) is 5.43 Å². The molecular formula is C21H22BrN5OS. The van der Waals surface area contributed by atoms with Gasteiger partial charge in [0, 0.05) is 17.1 Å². The number of carbonyl (C=O) groups is 1. The Bertz CT molecular complexity index is 1010. The van der Waals surface area contributed by atoms with Crippen molar-refractivity contribution in [2.75, 3.05) is 5.75 Å². The normalized spacial score (nSPS) is 11.3. The highest BCUT2D eigenvalue weighted by atomic mass is 79.9. The second-order valence-corrected chi connectivity index (χ2v) is 8.64. The Morgan fingerprint density at radius 2 is 2.00 bits per heavy atom. The maximum atomic E-state index is 12.1. The average molecular weight is 472 g/mol. The van der Waals surface area contributed by atoms with Crippen molar-refractivity contribution in [3.05, 3.63) is 64.1 Å². The Hall–Kier alpha value is -2.45. The van der Waals surface area contributed by atoms with E-state index in [4.69, 9.17) is 0 Å². The molecule has 150 valence electrons. The summed E-state index contributed by atoms with van der Waals surface area (Å²) in [4.78, 5) is 12.1. The maximum Gasteiger partial charge on any atom is 0.250 e. The third kappa shape index (κ3) is 5.77. The van der Waals surface area contributed by atoms with Crippen molar-refractivity contribution in [1.29, 1.82) is 0 Å². The molecule has 3 rings (SSSR count). The summed E-state index contributed by atoms with van der Waals surface area (Å²) in [6.45, 7) is 4.31. The fraction of sp³-hybridized carbons (Fsp3) is 0.238. The molecule has 1 aromatic heterocycles. The van der Waals surface area contributed by atoms with Crippen LogP contribution in [0.25, 0.3) is 11.4 Å². The van der Waals surface area contributed by atoms with E-state index in [0.717, 1.165) is 21.4 Å². The van der Waals surface area contributed by atoms with Crippen LogP contribution in [-0.2, 0) is 11.8 Å². The summed E-state index contributed by atoms with van der Waals surface area (Å²) in [7, 11) is 1.88. The Kier molecular flexibility index (Phi) is 7.22. The van der Waals surface area contributed by atoms with Crippen molar-refractivity contribution in [2.45, 2.75) is 24.9 Å². The summed E-state index contributed by atoms with van der Waals surface area (Å²) in [5.74, 6) is 1.24. The summed E-state index contributed by atoms with van der Waals surface area (Å²) in [6, 6.07) is 16.0. The second-order valence-electron chi connectivity index (χ2n) is 6.78. The van der Waals surface area contributed by atoms with E-state index in [1.807, 2.05) is 48.0 Å². The minimum absolute atomic E-state index is 0.197. The molecule has 0 atom stereocenters. The minimum atomic E-state index is -0.197. The Morgan fingerprint density at radius 1 is 1.24 bits per heavy atom. The Morgan fingerprint density at radius 3 is 2.69 bits per heavy atom. The second kappa shape index (κ2) is 9.84. The van der Waals surface area contributed by atoms with Crippen LogP contribution >= 0.6 is 27.7 Å². The number of amides is 1. The molecule has 0 unspecified atom stereocenters. The van der Waals surface area contributed by atoms with Crippen molar-refractivity contribution in [3.63, 3.8) is 0 Å². The number of halogens is 1. The van der Waals surface area contributed by atoms with Crippen LogP contribution in [0.3, 0.4) is 0 Å². The molecule has 1 heterocycles. The average Bonchev–Trinajstić information content (AvgIpc) is 3.07. The molecule has 0 saturated carbocycles. The Balaban J connectivity index is 1.53. The first-order chi connectivity index (χ1) is 13.9. The molecule has 0 fully saturated rings. The number of benzene rings is 2. The molecule has 29 heavy (non-hydrogen) atoms. The molecule has 0 spiro atoms. The number of nitrogens with zero attached hydrogens (tertiary/aromatic N) is 4. The zero-order chi connectivity index (χ0) is 20.8. The van der Waals surface area contributed by atoms with Crippen LogP contribution in [0.5, 0.6) is 0 Å². The first kappa shape index (κ1) is 21.3. The molecule has 0 bridgehead atoms. The van der Waals surface area contributed by atoms with Gasteiger partial charge < -0.3 is 4.57 Å². The minimum Gasteiger partial charge on any atom is -0.305 e. The fourth-order valence-electron chi connectivity index (χ4n) is 2.63. The smallest absolute Gasteiger partial charge is 0.250 e. The van der Waals surface area contributed by atoms with Gasteiger partial charge in [0.1, 0.15) is 0 Å². The predicted molar refractivity (Wildman–Crippen MR) is 121 cm³/mol. The standard InChI is InChI=1S/C21H22BrN5OS/c1-14(2)16-9-7-15(8-10-16)12-23-24-19(28)13-29-21-26-25-20(27(21)3)17-5-4-6-18(22)11-17/h4-12,14H,13H2,1-3H3,(H,24,28)/b23-12-. The zero-order valence-electron chi connectivity index (χ0n) is 16.5. The van der Waals surface area contributed by atoms with Crippen molar-refractivity contribution in [2.24, 2.45) is 12.1 Å². The summed E-state index contributed by atoms with van der Waals surface area (Å²) >= 11 is 4.78. The van der Waals surface area contributed by atoms with Crippen LogP contribution in [0.2, 0.25) is 0 Å². The van der Waals surface area contributed by atoms with Gasteiger partial charge in [-0.1, -0.05) is 77.9 Å². The van der Waals surface area contributed by atoms with Crippen LogP contribution in [0.1, 0.15) is 30.9 Å². The van der Waals surface area contributed by atoms with Gasteiger partial charge in [0.05, 0.1) is 12.0 Å². The highest BCUT2D eigenvalue weighted by Gasteiger charge is 2.13. The molecule has 1 amide bonds. The summed E-state index contributed by atoms with van der Waals surface area (Å²) in [5, 5.41) is 13.1. The van der Waals surface area contributed by atoms with Gasteiger partial charge in [-0.15, -0.1) is 10.2 Å². The molecule has 8 heteroatoms. The number of hydrazone groups is 1. The number of rotatable bonds is 7. The maximum absolute atomic E-state index is 12.1. The molecule has 1 N–H and O–H groups in total. The number of nitrogens with one attached hydrogen (secondary N) is 1. The van der Waals surface area contributed by atoms with E-state index >= 15 is 0 Å². The van der Waals surface area contributed by atoms with Gasteiger partial charge >= 0.3 is 0 Å². The van der Waals surface area contributed by atoms with Crippen molar-refractivity contribution < 1.29 is 4.79 Å². The number of aromatic nitrogens is 3. The lowest BCUT2D eigenvalue weighted by Crippen LogP contribution is -2.19. The quantitative estimate of drug-likeness (QED) is 0.310. The van der Waals surface area contributed by atoms with Crippen LogP contribution in [0.15, 0.2) is 63.3 Å². The van der Waals surface area contributed by atoms with Crippen molar-refractivity contribution in [1.82, 2.24) is 20.2 Å². The SMILES string of the molecule is CC(C)c1ccc(/C=N\NC(=O)CSc2nnc(-c3cccc(Br)c3)n2C)cc1. The van der Waals surface area contributed by atoms with Gasteiger partial charge in [-0.2, -0.15) is 5.10 Å². The van der Waals surface area contributed by atoms with E-state index in [1.54, 1.807) is 6.21 Å². The molecular weight excluding hydrogens is 450 g/mol. The largest absolute Gasteiger partial charge is 0.305 e. The molecule has 2 aromatic carbocycles. The molecule has 0 saturated heterocycles. The van der Waals surface area contributed by atoms with E-state index in [1.165, 1.54) is 17.3 Å². The first-order valence-electron chi connectivity index (χ1n) is 9.14. The molecule has 0 radical (unpaired) electrons. The zero-order valence-corrected chi connectivity index (χ0v) is 18.9. The monoisotopic (exact) mass is 471 g/mol. The fourth-order valence-corrected chi connectivity index (χ4v) is 3.73. The molecule has 3 aromatic rings. The molecule has 0 aliphatic carbocycles.